The maximum absolute atomic E-state index is 12.7. The van der Waals surface area contributed by atoms with E-state index in [1.54, 1.807) is 0 Å². The molecule has 0 amide bonds. The standard InChI is InChI=1S/C19H22O5/c1-18(2)10-14(20)16-13(12-7-5-4-6-8-12)9-19(22,17(21)23-3)24-15(16)11-18/h4-8,13,22H,9-11H2,1-3H3/t13-,19?/m1/s1. The molecule has 1 aliphatic heterocycles. The average molecular weight is 330 g/mol. The second-order valence-electron chi connectivity index (χ2n) is 7.32. The van der Waals surface area contributed by atoms with Gasteiger partial charge in [-0.15, -0.1) is 0 Å². The number of allylic oxidation sites excluding steroid dienone is 2. The lowest BCUT2D eigenvalue weighted by Crippen LogP contribution is -2.48. The van der Waals surface area contributed by atoms with Gasteiger partial charge in [-0.05, 0) is 11.0 Å². The van der Waals surface area contributed by atoms with Crippen LogP contribution < -0.4 is 0 Å². The maximum Gasteiger partial charge on any atom is 0.379 e. The van der Waals surface area contributed by atoms with Crippen molar-refractivity contribution in [3.8, 4) is 0 Å². The largest absolute Gasteiger partial charge is 0.464 e. The monoisotopic (exact) mass is 330 g/mol. The molecule has 24 heavy (non-hydrogen) atoms. The Morgan fingerprint density at radius 1 is 1.25 bits per heavy atom. The molecule has 1 aromatic carbocycles. The van der Waals surface area contributed by atoms with Gasteiger partial charge in [0.15, 0.2) is 5.78 Å². The summed E-state index contributed by atoms with van der Waals surface area (Å²) in [6.07, 6.45) is 0.889. The summed E-state index contributed by atoms with van der Waals surface area (Å²) in [7, 11) is 1.21. The van der Waals surface area contributed by atoms with E-state index in [1.807, 2.05) is 44.2 Å². The second-order valence-corrected chi connectivity index (χ2v) is 7.32. The van der Waals surface area contributed by atoms with Gasteiger partial charge in [-0.1, -0.05) is 44.2 Å². The molecule has 5 nitrogen and oxygen atoms in total. The van der Waals surface area contributed by atoms with Crippen LogP contribution in [0.15, 0.2) is 41.7 Å². The number of hydrogen-bond acceptors (Lipinski definition) is 5. The third-order valence-electron chi connectivity index (χ3n) is 4.71. The van der Waals surface area contributed by atoms with E-state index in [4.69, 9.17) is 9.47 Å². The number of methoxy groups -OCH3 is 1. The minimum atomic E-state index is -2.07. The van der Waals surface area contributed by atoms with E-state index >= 15 is 0 Å². The Balaban J connectivity index is 2.12. The number of hydrogen-bond donors (Lipinski definition) is 1. The molecule has 0 bridgehead atoms. The number of esters is 1. The zero-order valence-corrected chi connectivity index (χ0v) is 14.2. The predicted molar refractivity (Wildman–Crippen MR) is 86.9 cm³/mol. The fraction of sp³-hybridized carbons (Fsp3) is 0.474. The van der Waals surface area contributed by atoms with Gasteiger partial charge in [-0.2, -0.15) is 0 Å². The minimum absolute atomic E-state index is 0.0158. The molecule has 128 valence electrons. The van der Waals surface area contributed by atoms with Gasteiger partial charge in [0.05, 0.1) is 7.11 Å². The number of carbonyl (C=O) groups excluding carboxylic acids is 2. The molecule has 0 radical (unpaired) electrons. The van der Waals surface area contributed by atoms with Crippen LogP contribution in [0.1, 0.15) is 44.6 Å². The van der Waals surface area contributed by atoms with Crippen LogP contribution in [0.4, 0.5) is 0 Å². The third kappa shape index (κ3) is 2.84. The molecule has 0 saturated heterocycles. The molecule has 5 heteroatoms. The average Bonchev–Trinajstić information content (AvgIpc) is 2.52. The van der Waals surface area contributed by atoms with Crippen LogP contribution in [0.5, 0.6) is 0 Å². The van der Waals surface area contributed by atoms with Crippen LogP contribution in [0, 0.1) is 5.41 Å². The zero-order valence-electron chi connectivity index (χ0n) is 14.2. The Kier molecular flexibility index (Phi) is 4.00. The molecule has 0 saturated carbocycles. The molecule has 2 atom stereocenters. The number of ether oxygens (including phenoxy) is 2. The highest BCUT2D eigenvalue weighted by molar-refractivity contribution is 5.99. The van der Waals surface area contributed by atoms with E-state index in [1.165, 1.54) is 7.11 Å². The van der Waals surface area contributed by atoms with Crippen molar-refractivity contribution in [3.63, 3.8) is 0 Å². The van der Waals surface area contributed by atoms with Crippen molar-refractivity contribution in [1.29, 1.82) is 0 Å². The van der Waals surface area contributed by atoms with Crippen LogP contribution in [0.3, 0.4) is 0 Å². The number of benzene rings is 1. The number of aliphatic hydroxyl groups is 1. The van der Waals surface area contributed by atoms with Crippen LogP contribution in [0.2, 0.25) is 0 Å². The van der Waals surface area contributed by atoms with Crippen molar-refractivity contribution >= 4 is 11.8 Å². The first-order valence-corrected chi connectivity index (χ1v) is 8.07. The number of carbonyl (C=O) groups is 2. The Bertz CT molecular complexity index is 704. The molecule has 1 N–H and O–H groups in total. The summed E-state index contributed by atoms with van der Waals surface area (Å²) in [6.45, 7) is 3.95. The lowest BCUT2D eigenvalue weighted by molar-refractivity contribution is -0.223. The maximum atomic E-state index is 12.7. The molecule has 0 aromatic heterocycles. The Hall–Kier alpha value is -2.14. The topological polar surface area (TPSA) is 72.8 Å². The molecule has 1 aliphatic carbocycles. The normalized spacial score (nSPS) is 28.8. The number of Topliss-reactive ketones (excluding diaryl/α,β-unsaturated/α-hetero) is 1. The summed E-state index contributed by atoms with van der Waals surface area (Å²) in [4.78, 5) is 24.8. The lowest BCUT2D eigenvalue weighted by Gasteiger charge is -2.42. The van der Waals surface area contributed by atoms with Gasteiger partial charge in [0.1, 0.15) is 5.76 Å². The third-order valence-corrected chi connectivity index (χ3v) is 4.71. The first-order valence-electron chi connectivity index (χ1n) is 8.07. The highest BCUT2D eigenvalue weighted by Crippen LogP contribution is 2.49. The summed E-state index contributed by atoms with van der Waals surface area (Å²) in [5.74, 6) is -2.87. The van der Waals surface area contributed by atoms with Gasteiger partial charge in [0.2, 0.25) is 0 Å². The van der Waals surface area contributed by atoms with Gasteiger partial charge in [-0.3, -0.25) is 4.79 Å². The van der Waals surface area contributed by atoms with Crippen molar-refractivity contribution in [3.05, 3.63) is 47.2 Å². The predicted octanol–water partition coefficient (Wildman–Crippen LogP) is 2.70. The fourth-order valence-electron chi connectivity index (χ4n) is 3.64. The zero-order chi connectivity index (χ0) is 17.5. The van der Waals surface area contributed by atoms with Crippen molar-refractivity contribution in [2.24, 2.45) is 5.41 Å². The summed E-state index contributed by atoms with van der Waals surface area (Å²) in [5, 5.41) is 10.7. The highest BCUT2D eigenvalue weighted by atomic mass is 16.7. The van der Waals surface area contributed by atoms with E-state index in [2.05, 4.69) is 0 Å². The molecular weight excluding hydrogens is 308 g/mol. The van der Waals surface area contributed by atoms with E-state index in [9.17, 15) is 14.7 Å². The SMILES string of the molecule is COC(=O)C1(O)C[C@H](c2ccccc2)C2=C(CC(C)(C)CC2=O)O1. The van der Waals surface area contributed by atoms with Crippen LogP contribution in [0.25, 0.3) is 0 Å². The van der Waals surface area contributed by atoms with Crippen LogP contribution >= 0.6 is 0 Å². The van der Waals surface area contributed by atoms with Gasteiger partial charge in [0, 0.05) is 30.8 Å². The highest BCUT2D eigenvalue weighted by Gasteiger charge is 2.52. The number of ketones is 1. The second kappa shape index (κ2) is 5.74. The summed E-state index contributed by atoms with van der Waals surface area (Å²) >= 11 is 0. The van der Waals surface area contributed by atoms with Crippen LogP contribution in [-0.4, -0.2) is 29.8 Å². The van der Waals surface area contributed by atoms with Gasteiger partial charge in [-0.25, -0.2) is 4.79 Å². The van der Waals surface area contributed by atoms with E-state index in [0.717, 1.165) is 5.56 Å². The Morgan fingerprint density at radius 2 is 1.92 bits per heavy atom. The first kappa shape index (κ1) is 16.7. The fourth-order valence-corrected chi connectivity index (χ4v) is 3.64. The smallest absolute Gasteiger partial charge is 0.379 e. The number of rotatable bonds is 2. The molecule has 3 rings (SSSR count). The van der Waals surface area contributed by atoms with Crippen molar-refractivity contribution in [1.82, 2.24) is 0 Å². The molecular formula is C19H22O5. The molecule has 0 spiro atoms. The van der Waals surface area contributed by atoms with Gasteiger partial charge < -0.3 is 14.6 Å². The van der Waals surface area contributed by atoms with Gasteiger partial charge >= 0.3 is 11.8 Å². The summed E-state index contributed by atoms with van der Waals surface area (Å²) in [5.41, 5.74) is 1.18. The van der Waals surface area contributed by atoms with E-state index in [-0.39, 0.29) is 23.5 Å². The minimum Gasteiger partial charge on any atom is -0.464 e. The molecule has 1 unspecified atom stereocenters. The summed E-state index contributed by atoms with van der Waals surface area (Å²) < 4.78 is 10.3. The van der Waals surface area contributed by atoms with E-state index < -0.39 is 11.8 Å². The van der Waals surface area contributed by atoms with Crippen molar-refractivity contribution in [2.45, 2.75) is 44.8 Å². The van der Waals surface area contributed by atoms with Crippen LogP contribution in [-0.2, 0) is 19.1 Å². The molecule has 2 aliphatic rings. The van der Waals surface area contributed by atoms with Crippen molar-refractivity contribution < 1.29 is 24.2 Å². The molecule has 1 aromatic rings. The first-order chi connectivity index (χ1) is 11.3. The quantitative estimate of drug-likeness (QED) is 0.844. The molecule has 1 heterocycles. The summed E-state index contributed by atoms with van der Waals surface area (Å²) in [6, 6.07) is 9.42. The van der Waals surface area contributed by atoms with E-state index in [0.29, 0.717) is 24.2 Å². The van der Waals surface area contributed by atoms with Gasteiger partial charge in [0.25, 0.3) is 0 Å². The van der Waals surface area contributed by atoms with Crippen molar-refractivity contribution in [2.75, 3.05) is 7.11 Å². The molecule has 0 fully saturated rings. The Morgan fingerprint density at radius 3 is 2.54 bits per heavy atom. The Labute approximate surface area is 141 Å². The lowest BCUT2D eigenvalue weighted by atomic mass is 9.70.